The molecule has 3 rings (SSSR count). The van der Waals surface area contributed by atoms with Gasteiger partial charge in [0.1, 0.15) is 0 Å². The summed E-state index contributed by atoms with van der Waals surface area (Å²) in [7, 11) is 0. The zero-order valence-corrected chi connectivity index (χ0v) is 14.8. The molecule has 2 bridgehead atoms. The molecule has 2 N–H and O–H groups in total. The molecule has 0 aliphatic heterocycles. The largest absolute Gasteiger partial charge is 0.411 e. The molecule has 7 heteroatoms. The van der Waals surface area contributed by atoms with Gasteiger partial charge in [-0.1, -0.05) is 49.1 Å². The lowest BCUT2D eigenvalue weighted by atomic mass is 9.64. The van der Waals surface area contributed by atoms with Crippen LogP contribution in [0.3, 0.4) is 0 Å². The van der Waals surface area contributed by atoms with E-state index in [4.69, 9.17) is 23.2 Å². The van der Waals surface area contributed by atoms with E-state index in [-0.39, 0.29) is 16.7 Å². The van der Waals surface area contributed by atoms with Crippen LogP contribution >= 0.6 is 23.2 Å². The van der Waals surface area contributed by atoms with Crippen LogP contribution in [-0.2, 0) is 4.79 Å². The molecule has 2 saturated carbocycles. The summed E-state index contributed by atoms with van der Waals surface area (Å²) >= 11 is 11.9. The van der Waals surface area contributed by atoms with E-state index in [0.29, 0.717) is 28.0 Å². The number of pyridine rings is 1. The second-order valence-electron chi connectivity index (χ2n) is 7.20. The molecular formula is C16H19Cl2N3O2. The van der Waals surface area contributed by atoms with Gasteiger partial charge < -0.3 is 10.5 Å². The zero-order valence-electron chi connectivity index (χ0n) is 13.3. The monoisotopic (exact) mass is 355 g/mol. The SMILES string of the molecule is CC12CCC(C(=O)Nc3ncc(Cl)cc3Cl)(C/C1=N\O)C2(C)C. The number of nitrogens with zero attached hydrogens (tertiary/aromatic N) is 2. The Labute approximate surface area is 145 Å². The molecule has 5 nitrogen and oxygen atoms in total. The van der Waals surface area contributed by atoms with E-state index < -0.39 is 5.41 Å². The fourth-order valence-corrected chi connectivity index (χ4v) is 4.70. The number of oxime groups is 1. The maximum atomic E-state index is 13.1. The van der Waals surface area contributed by atoms with Crippen LogP contribution in [0.4, 0.5) is 5.82 Å². The maximum absolute atomic E-state index is 13.1. The van der Waals surface area contributed by atoms with Crippen molar-refractivity contribution in [3.8, 4) is 0 Å². The van der Waals surface area contributed by atoms with Gasteiger partial charge in [-0.3, -0.25) is 4.79 Å². The highest BCUT2D eigenvalue weighted by Gasteiger charge is 2.71. The minimum Gasteiger partial charge on any atom is -0.411 e. The Hall–Kier alpha value is -1.33. The van der Waals surface area contributed by atoms with Crippen LogP contribution in [0.1, 0.15) is 40.0 Å². The van der Waals surface area contributed by atoms with E-state index in [9.17, 15) is 10.0 Å². The first-order chi connectivity index (χ1) is 10.7. The van der Waals surface area contributed by atoms with Crippen molar-refractivity contribution in [1.29, 1.82) is 0 Å². The third-order valence-corrected chi connectivity index (χ3v) is 6.82. The number of carbonyl (C=O) groups is 1. The van der Waals surface area contributed by atoms with Crippen LogP contribution in [0.15, 0.2) is 17.4 Å². The van der Waals surface area contributed by atoms with Gasteiger partial charge in [0, 0.05) is 18.0 Å². The van der Waals surface area contributed by atoms with Gasteiger partial charge in [-0.05, 0) is 24.3 Å². The summed E-state index contributed by atoms with van der Waals surface area (Å²) in [6.07, 6.45) is 3.45. The van der Waals surface area contributed by atoms with Crippen LogP contribution in [0, 0.1) is 16.2 Å². The van der Waals surface area contributed by atoms with Crippen molar-refractivity contribution in [2.45, 2.75) is 40.0 Å². The van der Waals surface area contributed by atoms with Gasteiger partial charge in [0.2, 0.25) is 5.91 Å². The molecule has 0 aromatic carbocycles. The Balaban J connectivity index is 1.96. The van der Waals surface area contributed by atoms with Crippen molar-refractivity contribution in [1.82, 2.24) is 4.98 Å². The first-order valence-electron chi connectivity index (χ1n) is 7.52. The highest BCUT2D eigenvalue weighted by molar-refractivity contribution is 6.36. The second kappa shape index (κ2) is 5.08. The molecule has 0 spiro atoms. The molecule has 1 heterocycles. The Bertz CT molecular complexity index is 719. The Morgan fingerprint density at radius 3 is 2.61 bits per heavy atom. The lowest BCUT2D eigenvalue weighted by Crippen LogP contribution is -2.43. The van der Waals surface area contributed by atoms with Crippen LogP contribution in [0.25, 0.3) is 0 Å². The maximum Gasteiger partial charge on any atom is 0.232 e. The predicted molar refractivity (Wildman–Crippen MR) is 90.3 cm³/mol. The van der Waals surface area contributed by atoms with Crippen LogP contribution in [-0.4, -0.2) is 21.8 Å². The Kier molecular flexibility index (Phi) is 3.65. The van der Waals surface area contributed by atoms with Crippen molar-refractivity contribution < 1.29 is 10.0 Å². The van der Waals surface area contributed by atoms with Crippen molar-refractivity contribution in [3.63, 3.8) is 0 Å². The molecule has 124 valence electrons. The van der Waals surface area contributed by atoms with Gasteiger partial charge in [0.15, 0.2) is 5.82 Å². The number of carbonyl (C=O) groups excluding carboxylic acids is 1. The van der Waals surface area contributed by atoms with Gasteiger partial charge >= 0.3 is 0 Å². The second-order valence-corrected chi connectivity index (χ2v) is 8.04. The number of anilines is 1. The highest BCUT2D eigenvalue weighted by atomic mass is 35.5. The molecule has 23 heavy (non-hydrogen) atoms. The van der Waals surface area contributed by atoms with E-state index in [1.165, 1.54) is 6.20 Å². The molecule has 2 atom stereocenters. The fraction of sp³-hybridized carbons (Fsp3) is 0.562. The molecule has 1 amide bonds. The van der Waals surface area contributed by atoms with Crippen molar-refractivity contribution in [3.05, 3.63) is 22.3 Å². The van der Waals surface area contributed by atoms with Crippen molar-refractivity contribution in [2.24, 2.45) is 21.4 Å². The van der Waals surface area contributed by atoms with Crippen molar-refractivity contribution in [2.75, 3.05) is 5.32 Å². The quantitative estimate of drug-likeness (QED) is 0.610. The molecule has 0 radical (unpaired) electrons. The number of hydrogen-bond donors (Lipinski definition) is 2. The average Bonchev–Trinajstić information content (AvgIpc) is 2.79. The summed E-state index contributed by atoms with van der Waals surface area (Å²) < 4.78 is 0. The molecule has 2 unspecified atom stereocenters. The lowest BCUT2D eigenvalue weighted by Gasteiger charge is -2.39. The van der Waals surface area contributed by atoms with Gasteiger partial charge in [-0.25, -0.2) is 4.98 Å². The number of halogens is 2. The number of fused-ring (bicyclic) bond motifs is 2. The summed E-state index contributed by atoms with van der Waals surface area (Å²) in [6.45, 7) is 6.20. The summed E-state index contributed by atoms with van der Waals surface area (Å²) in [5.74, 6) is 0.163. The minimum atomic E-state index is -0.631. The highest BCUT2D eigenvalue weighted by Crippen LogP contribution is 2.71. The molecule has 2 fully saturated rings. The van der Waals surface area contributed by atoms with E-state index in [1.54, 1.807) is 6.07 Å². The Morgan fingerprint density at radius 1 is 1.35 bits per heavy atom. The lowest BCUT2D eigenvalue weighted by molar-refractivity contribution is -0.130. The molecule has 1 aromatic rings. The van der Waals surface area contributed by atoms with Crippen LogP contribution < -0.4 is 5.32 Å². The number of aromatic nitrogens is 1. The van der Waals surface area contributed by atoms with Gasteiger partial charge in [0.05, 0.1) is 21.2 Å². The summed E-state index contributed by atoms with van der Waals surface area (Å²) in [5.41, 5.74) is -0.548. The zero-order chi connectivity index (χ0) is 17.0. The average molecular weight is 356 g/mol. The number of rotatable bonds is 2. The fourth-order valence-electron chi connectivity index (χ4n) is 4.27. The van der Waals surface area contributed by atoms with Crippen LogP contribution in [0.2, 0.25) is 10.0 Å². The summed E-state index contributed by atoms with van der Waals surface area (Å²) in [5, 5.41) is 16.4. The van der Waals surface area contributed by atoms with Gasteiger partial charge in [-0.15, -0.1) is 0 Å². The molecule has 1 aromatic heterocycles. The Morgan fingerprint density at radius 2 is 2.04 bits per heavy atom. The topological polar surface area (TPSA) is 74.6 Å². The molecule has 2 aliphatic carbocycles. The third-order valence-electron chi connectivity index (χ3n) is 6.33. The van der Waals surface area contributed by atoms with Gasteiger partial charge in [0.25, 0.3) is 0 Å². The standard InChI is InChI=1S/C16H19Cl2N3O2/c1-14(2)15(3)4-5-16(14,7-11(15)21-23)13(22)20-12-10(18)6-9(17)8-19-12/h6,8,23H,4-5,7H2,1-3H3,(H,19,20,22)/b21-11+. The van der Waals surface area contributed by atoms with E-state index in [2.05, 4.69) is 36.2 Å². The van der Waals surface area contributed by atoms with E-state index >= 15 is 0 Å². The van der Waals surface area contributed by atoms with Crippen LogP contribution in [0.5, 0.6) is 0 Å². The summed E-state index contributed by atoms with van der Waals surface area (Å²) in [4.78, 5) is 17.2. The summed E-state index contributed by atoms with van der Waals surface area (Å²) in [6, 6.07) is 1.54. The van der Waals surface area contributed by atoms with E-state index in [1.807, 2.05) is 0 Å². The van der Waals surface area contributed by atoms with Crippen molar-refractivity contribution >= 4 is 40.6 Å². The minimum absolute atomic E-state index is 0.137. The van der Waals surface area contributed by atoms with E-state index in [0.717, 1.165) is 12.8 Å². The molecule has 0 saturated heterocycles. The van der Waals surface area contributed by atoms with Gasteiger partial charge in [-0.2, -0.15) is 0 Å². The normalized spacial score (nSPS) is 33.2. The number of nitrogens with one attached hydrogen (secondary N) is 1. The molecular weight excluding hydrogens is 337 g/mol. The third kappa shape index (κ3) is 2.02. The molecule has 2 aliphatic rings. The smallest absolute Gasteiger partial charge is 0.232 e. The first kappa shape index (κ1) is 16.5. The number of hydrogen-bond acceptors (Lipinski definition) is 4. The predicted octanol–water partition coefficient (Wildman–Crippen LogP) is 4.37. The number of amides is 1. The first-order valence-corrected chi connectivity index (χ1v) is 8.27.